The van der Waals surface area contributed by atoms with Crippen LogP contribution in [0.1, 0.15) is 25.5 Å². The van der Waals surface area contributed by atoms with E-state index >= 15 is 0 Å². The molecule has 0 fully saturated rings. The maximum atomic E-state index is 12.1. The SMILES string of the molecule is CC(C)n1ccn(Cc2ccc([N+](=O)[O-])cc2Br)c1=O. The molecule has 7 heteroatoms. The average molecular weight is 340 g/mol. The highest BCUT2D eigenvalue weighted by Gasteiger charge is 2.11. The highest BCUT2D eigenvalue weighted by molar-refractivity contribution is 9.10. The Morgan fingerprint density at radius 3 is 2.55 bits per heavy atom. The molecule has 0 saturated carbocycles. The smallest absolute Gasteiger partial charge is 0.297 e. The maximum Gasteiger partial charge on any atom is 0.328 e. The molecular formula is C13H14BrN3O3. The number of halogens is 1. The normalized spacial score (nSPS) is 11.0. The number of aromatic nitrogens is 2. The molecule has 0 aliphatic rings. The molecular weight excluding hydrogens is 326 g/mol. The van der Waals surface area contributed by atoms with Crippen LogP contribution < -0.4 is 5.69 Å². The van der Waals surface area contributed by atoms with Gasteiger partial charge in [-0.3, -0.25) is 19.2 Å². The van der Waals surface area contributed by atoms with Crippen LogP contribution in [0.3, 0.4) is 0 Å². The van der Waals surface area contributed by atoms with Gasteiger partial charge in [-0.1, -0.05) is 15.9 Å². The number of non-ortho nitro benzene ring substituents is 1. The van der Waals surface area contributed by atoms with Crippen molar-refractivity contribution in [2.45, 2.75) is 26.4 Å². The minimum atomic E-state index is -0.448. The molecule has 0 unspecified atom stereocenters. The standard InChI is InChI=1S/C13H14BrN3O3/c1-9(2)16-6-5-15(13(16)18)8-10-3-4-11(17(19)20)7-12(10)14/h3-7,9H,8H2,1-2H3. The van der Waals surface area contributed by atoms with Crippen LogP contribution in [-0.2, 0) is 6.54 Å². The molecule has 0 saturated heterocycles. The molecule has 0 aliphatic carbocycles. The van der Waals surface area contributed by atoms with E-state index in [-0.39, 0.29) is 17.4 Å². The molecule has 0 spiro atoms. The highest BCUT2D eigenvalue weighted by atomic mass is 79.9. The number of nitro benzene ring substituents is 1. The molecule has 2 aromatic rings. The number of nitrogens with zero attached hydrogens (tertiary/aromatic N) is 3. The summed E-state index contributed by atoms with van der Waals surface area (Å²) in [5.74, 6) is 0. The summed E-state index contributed by atoms with van der Waals surface area (Å²) in [7, 11) is 0. The van der Waals surface area contributed by atoms with Crippen molar-refractivity contribution in [3.05, 3.63) is 61.2 Å². The summed E-state index contributed by atoms with van der Waals surface area (Å²) in [5, 5.41) is 10.7. The minimum absolute atomic E-state index is 0.0210. The van der Waals surface area contributed by atoms with Gasteiger partial charge in [0.1, 0.15) is 0 Å². The van der Waals surface area contributed by atoms with Gasteiger partial charge in [0.15, 0.2) is 0 Å². The van der Waals surface area contributed by atoms with Gasteiger partial charge < -0.3 is 0 Å². The van der Waals surface area contributed by atoms with E-state index < -0.39 is 4.92 Å². The van der Waals surface area contributed by atoms with Gasteiger partial charge in [-0.15, -0.1) is 0 Å². The van der Waals surface area contributed by atoms with E-state index in [0.717, 1.165) is 5.56 Å². The fraction of sp³-hybridized carbons (Fsp3) is 0.308. The molecule has 0 N–H and O–H groups in total. The van der Waals surface area contributed by atoms with Crippen LogP contribution in [0.5, 0.6) is 0 Å². The Morgan fingerprint density at radius 1 is 1.35 bits per heavy atom. The van der Waals surface area contributed by atoms with E-state index in [1.54, 1.807) is 27.6 Å². The Balaban J connectivity index is 2.31. The zero-order valence-corrected chi connectivity index (χ0v) is 12.7. The van der Waals surface area contributed by atoms with E-state index in [0.29, 0.717) is 11.0 Å². The molecule has 2 rings (SSSR count). The van der Waals surface area contributed by atoms with Crippen LogP contribution in [-0.4, -0.2) is 14.1 Å². The zero-order valence-electron chi connectivity index (χ0n) is 11.1. The van der Waals surface area contributed by atoms with Crippen molar-refractivity contribution in [1.82, 2.24) is 9.13 Å². The third-order valence-corrected chi connectivity index (χ3v) is 3.76. The Bertz CT molecular complexity index is 703. The quantitative estimate of drug-likeness (QED) is 0.635. The fourth-order valence-corrected chi connectivity index (χ4v) is 2.40. The van der Waals surface area contributed by atoms with Gasteiger partial charge in [0.2, 0.25) is 0 Å². The van der Waals surface area contributed by atoms with Crippen molar-refractivity contribution in [2.75, 3.05) is 0 Å². The molecule has 0 atom stereocenters. The van der Waals surface area contributed by atoms with Crippen molar-refractivity contribution in [1.29, 1.82) is 0 Å². The van der Waals surface area contributed by atoms with Gasteiger partial charge >= 0.3 is 5.69 Å². The fourth-order valence-electron chi connectivity index (χ4n) is 1.90. The monoisotopic (exact) mass is 339 g/mol. The minimum Gasteiger partial charge on any atom is -0.297 e. The molecule has 1 heterocycles. The topological polar surface area (TPSA) is 70.1 Å². The predicted octanol–water partition coefficient (Wildman–Crippen LogP) is 2.95. The third-order valence-electron chi connectivity index (χ3n) is 3.02. The number of hydrogen-bond acceptors (Lipinski definition) is 3. The Morgan fingerprint density at radius 2 is 2.05 bits per heavy atom. The lowest BCUT2D eigenvalue weighted by atomic mass is 10.2. The number of rotatable bonds is 4. The second kappa shape index (κ2) is 5.62. The third kappa shape index (κ3) is 2.82. The second-order valence-electron chi connectivity index (χ2n) is 4.74. The van der Waals surface area contributed by atoms with Crippen LogP contribution in [0.25, 0.3) is 0 Å². The summed E-state index contributed by atoms with van der Waals surface area (Å²) >= 11 is 3.31. The molecule has 0 bridgehead atoms. The maximum absolute atomic E-state index is 12.1. The lowest BCUT2D eigenvalue weighted by Crippen LogP contribution is -2.25. The zero-order chi connectivity index (χ0) is 14.9. The molecule has 1 aromatic carbocycles. The lowest BCUT2D eigenvalue weighted by Gasteiger charge is -2.06. The van der Waals surface area contributed by atoms with Crippen molar-refractivity contribution >= 4 is 21.6 Å². The van der Waals surface area contributed by atoms with Crippen molar-refractivity contribution in [2.24, 2.45) is 0 Å². The molecule has 20 heavy (non-hydrogen) atoms. The first-order chi connectivity index (χ1) is 9.40. The number of nitro groups is 1. The Kier molecular flexibility index (Phi) is 4.08. The van der Waals surface area contributed by atoms with Crippen LogP contribution in [0.2, 0.25) is 0 Å². The summed E-state index contributed by atoms with van der Waals surface area (Å²) in [6, 6.07) is 4.63. The Labute approximate surface area is 123 Å². The van der Waals surface area contributed by atoms with E-state index in [1.807, 2.05) is 13.8 Å². The van der Waals surface area contributed by atoms with Gasteiger partial charge in [0.25, 0.3) is 5.69 Å². The number of imidazole rings is 1. The molecule has 6 nitrogen and oxygen atoms in total. The summed E-state index contributed by atoms with van der Waals surface area (Å²) in [5.41, 5.74) is 0.747. The molecule has 106 valence electrons. The number of hydrogen-bond donors (Lipinski definition) is 0. The molecule has 0 amide bonds. The Hall–Kier alpha value is -1.89. The van der Waals surface area contributed by atoms with Crippen LogP contribution in [0.4, 0.5) is 5.69 Å². The van der Waals surface area contributed by atoms with Gasteiger partial charge in [-0.2, -0.15) is 0 Å². The molecule has 1 aromatic heterocycles. The summed E-state index contributed by atoms with van der Waals surface area (Å²) in [6.45, 7) is 4.25. The van der Waals surface area contributed by atoms with Crippen molar-refractivity contribution in [3.8, 4) is 0 Å². The van der Waals surface area contributed by atoms with Gasteiger partial charge in [-0.25, -0.2) is 4.79 Å². The average Bonchev–Trinajstić information content (AvgIpc) is 2.73. The van der Waals surface area contributed by atoms with E-state index in [4.69, 9.17) is 0 Å². The predicted molar refractivity (Wildman–Crippen MR) is 79.0 cm³/mol. The van der Waals surface area contributed by atoms with Crippen LogP contribution in [0.15, 0.2) is 39.9 Å². The van der Waals surface area contributed by atoms with Gasteiger partial charge in [0, 0.05) is 35.0 Å². The first-order valence-corrected chi connectivity index (χ1v) is 6.89. The highest BCUT2D eigenvalue weighted by Crippen LogP contribution is 2.23. The van der Waals surface area contributed by atoms with Gasteiger partial charge in [0.05, 0.1) is 11.5 Å². The molecule has 0 radical (unpaired) electrons. The first-order valence-electron chi connectivity index (χ1n) is 6.10. The van der Waals surface area contributed by atoms with Gasteiger partial charge in [-0.05, 0) is 25.5 Å². The second-order valence-corrected chi connectivity index (χ2v) is 5.60. The van der Waals surface area contributed by atoms with Crippen molar-refractivity contribution in [3.63, 3.8) is 0 Å². The van der Waals surface area contributed by atoms with Crippen molar-refractivity contribution < 1.29 is 4.92 Å². The van der Waals surface area contributed by atoms with Crippen LogP contribution in [0, 0.1) is 10.1 Å². The summed E-state index contributed by atoms with van der Waals surface area (Å²) < 4.78 is 3.83. The lowest BCUT2D eigenvalue weighted by molar-refractivity contribution is -0.384. The summed E-state index contributed by atoms with van der Waals surface area (Å²) in [4.78, 5) is 22.3. The molecule has 0 aliphatic heterocycles. The largest absolute Gasteiger partial charge is 0.328 e. The number of benzene rings is 1. The first kappa shape index (κ1) is 14.5. The van der Waals surface area contributed by atoms with E-state index in [2.05, 4.69) is 15.9 Å². The summed E-state index contributed by atoms with van der Waals surface area (Å²) in [6.07, 6.45) is 3.46. The van der Waals surface area contributed by atoms with E-state index in [9.17, 15) is 14.9 Å². The van der Waals surface area contributed by atoms with E-state index in [1.165, 1.54) is 12.1 Å². The van der Waals surface area contributed by atoms with Crippen LogP contribution >= 0.6 is 15.9 Å².